The molecule has 0 saturated heterocycles. The monoisotopic (exact) mass is 365 g/mol. The van der Waals surface area contributed by atoms with E-state index in [1.807, 2.05) is 0 Å². The normalized spacial score (nSPS) is 10.1. The highest BCUT2D eigenvalue weighted by atomic mass is 79.9. The van der Waals surface area contributed by atoms with Crippen LogP contribution in [0, 0.1) is 10.1 Å². The zero-order valence-electron chi connectivity index (χ0n) is 11.6. The largest absolute Gasteiger partial charge is 0.496 e. The number of para-hydroxylation sites is 1. The minimum Gasteiger partial charge on any atom is -0.496 e. The van der Waals surface area contributed by atoms with E-state index in [9.17, 15) is 14.9 Å². The molecular formula is C15H12BrNO5. The lowest BCUT2D eigenvalue weighted by Crippen LogP contribution is -2.06. The molecule has 2 rings (SSSR count). The molecule has 114 valence electrons. The first-order chi connectivity index (χ1) is 10.5. The second-order valence-electron chi connectivity index (χ2n) is 4.31. The molecule has 0 aliphatic rings. The third-order valence-electron chi connectivity index (χ3n) is 2.93. The number of rotatable bonds is 5. The van der Waals surface area contributed by atoms with Gasteiger partial charge in [-0.15, -0.1) is 0 Å². The van der Waals surface area contributed by atoms with E-state index in [1.165, 1.54) is 13.2 Å². The van der Waals surface area contributed by atoms with Crippen LogP contribution in [0.2, 0.25) is 0 Å². The first kappa shape index (κ1) is 16.0. The van der Waals surface area contributed by atoms with E-state index in [1.54, 1.807) is 36.4 Å². The molecule has 0 heterocycles. The van der Waals surface area contributed by atoms with Gasteiger partial charge in [0, 0.05) is 6.07 Å². The summed E-state index contributed by atoms with van der Waals surface area (Å²) in [5.74, 6) is 0.0248. The molecule has 7 heteroatoms. The predicted octanol–water partition coefficient (Wildman–Crippen LogP) is 3.72. The number of ether oxygens (including phenoxy) is 2. The van der Waals surface area contributed by atoms with E-state index in [0.29, 0.717) is 21.3 Å². The minimum atomic E-state index is -0.568. The standard InChI is InChI=1S/C15H12BrNO5/c1-21-14-7-6-10(8-12(14)16)15(18)22-9-11-4-2-3-5-13(11)17(19)20/h2-8H,9H2,1H3. The molecule has 2 aromatic rings. The molecular weight excluding hydrogens is 354 g/mol. The summed E-state index contributed by atoms with van der Waals surface area (Å²) < 4.78 is 10.8. The van der Waals surface area contributed by atoms with Gasteiger partial charge in [0.25, 0.3) is 5.69 Å². The molecule has 0 atom stereocenters. The molecule has 0 fully saturated rings. The van der Waals surface area contributed by atoms with Gasteiger partial charge in [0.05, 0.1) is 27.6 Å². The topological polar surface area (TPSA) is 78.7 Å². The first-order valence-corrected chi connectivity index (χ1v) is 7.05. The predicted molar refractivity (Wildman–Crippen MR) is 82.9 cm³/mol. The highest BCUT2D eigenvalue weighted by molar-refractivity contribution is 9.10. The molecule has 0 N–H and O–H groups in total. The molecule has 0 unspecified atom stereocenters. The van der Waals surface area contributed by atoms with Crippen LogP contribution in [-0.4, -0.2) is 18.0 Å². The quantitative estimate of drug-likeness (QED) is 0.458. The Balaban J connectivity index is 2.10. The van der Waals surface area contributed by atoms with Crippen LogP contribution in [0.25, 0.3) is 0 Å². The number of nitro benzene ring substituents is 1. The molecule has 2 aromatic carbocycles. The van der Waals surface area contributed by atoms with Gasteiger partial charge in [0.15, 0.2) is 0 Å². The van der Waals surface area contributed by atoms with Crippen molar-refractivity contribution in [1.29, 1.82) is 0 Å². The van der Waals surface area contributed by atoms with Crippen LogP contribution in [0.5, 0.6) is 5.75 Å². The van der Waals surface area contributed by atoms with Gasteiger partial charge in [-0.1, -0.05) is 12.1 Å². The number of halogens is 1. The zero-order valence-corrected chi connectivity index (χ0v) is 13.2. The van der Waals surface area contributed by atoms with Gasteiger partial charge in [0.2, 0.25) is 0 Å². The van der Waals surface area contributed by atoms with E-state index in [0.717, 1.165) is 0 Å². The van der Waals surface area contributed by atoms with E-state index in [2.05, 4.69) is 15.9 Å². The number of nitrogens with zero attached hydrogens (tertiary/aromatic N) is 1. The third-order valence-corrected chi connectivity index (χ3v) is 3.55. The zero-order chi connectivity index (χ0) is 16.1. The summed E-state index contributed by atoms with van der Waals surface area (Å²) in [5, 5.41) is 10.9. The molecule has 0 aliphatic heterocycles. The molecule has 0 bridgehead atoms. The summed E-state index contributed by atoms with van der Waals surface area (Å²) in [6, 6.07) is 10.9. The van der Waals surface area contributed by atoms with Crippen molar-refractivity contribution in [3.8, 4) is 5.75 Å². The van der Waals surface area contributed by atoms with Crippen molar-refractivity contribution in [2.24, 2.45) is 0 Å². The first-order valence-electron chi connectivity index (χ1n) is 6.26. The van der Waals surface area contributed by atoms with Crippen molar-refractivity contribution < 1.29 is 19.2 Å². The lowest BCUT2D eigenvalue weighted by molar-refractivity contribution is -0.385. The fraction of sp³-hybridized carbons (Fsp3) is 0.133. The van der Waals surface area contributed by atoms with Crippen molar-refractivity contribution in [2.45, 2.75) is 6.61 Å². The van der Waals surface area contributed by atoms with Crippen LogP contribution in [0.3, 0.4) is 0 Å². The van der Waals surface area contributed by atoms with Crippen molar-refractivity contribution in [2.75, 3.05) is 7.11 Å². The molecule has 0 amide bonds. The second kappa shape index (κ2) is 7.04. The lowest BCUT2D eigenvalue weighted by Gasteiger charge is -2.07. The number of benzene rings is 2. The summed E-state index contributed by atoms with van der Waals surface area (Å²) in [7, 11) is 1.52. The minimum absolute atomic E-state index is 0.0776. The lowest BCUT2D eigenvalue weighted by atomic mass is 10.2. The fourth-order valence-corrected chi connectivity index (χ4v) is 2.37. The van der Waals surface area contributed by atoms with Crippen LogP contribution in [0.15, 0.2) is 46.9 Å². The summed E-state index contributed by atoms with van der Waals surface area (Å²) in [4.78, 5) is 22.4. The van der Waals surface area contributed by atoms with Crippen molar-refractivity contribution in [3.63, 3.8) is 0 Å². The highest BCUT2D eigenvalue weighted by Crippen LogP contribution is 2.26. The maximum atomic E-state index is 12.0. The summed E-state index contributed by atoms with van der Waals surface area (Å²) in [6.07, 6.45) is 0. The Kier molecular flexibility index (Phi) is 5.11. The van der Waals surface area contributed by atoms with Gasteiger partial charge >= 0.3 is 5.97 Å². The number of carbonyl (C=O) groups excluding carboxylic acids is 1. The van der Waals surface area contributed by atoms with Crippen LogP contribution in [0.4, 0.5) is 5.69 Å². The summed E-state index contributed by atoms with van der Waals surface area (Å²) in [5.41, 5.74) is 0.589. The average Bonchev–Trinajstić information content (AvgIpc) is 2.52. The highest BCUT2D eigenvalue weighted by Gasteiger charge is 2.15. The number of nitro groups is 1. The van der Waals surface area contributed by atoms with Gasteiger partial charge in [-0.3, -0.25) is 10.1 Å². The maximum Gasteiger partial charge on any atom is 0.338 e. The summed E-state index contributed by atoms with van der Waals surface area (Å²) in [6.45, 7) is -0.167. The van der Waals surface area contributed by atoms with Crippen molar-refractivity contribution in [1.82, 2.24) is 0 Å². The number of hydrogen-bond acceptors (Lipinski definition) is 5. The van der Waals surface area contributed by atoms with Crippen LogP contribution in [0.1, 0.15) is 15.9 Å². The average molecular weight is 366 g/mol. The Morgan fingerprint density at radius 2 is 2.00 bits per heavy atom. The maximum absolute atomic E-state index is 12.0. The van der Waals surface area contributed by atoms with Crippen LogP contribution < -0.4 is 4.74 Å². The molecule has 0 aliphatic carbocycles. The van der Waals surface area contributed by atoms with Crippen molar-refractivity contribution in [3.05, 3.63) is 68.2 Å². The number of hydrogen-bond donors (Lipinski definition) is 0. The number of carbonyl (C=O) groups is 1. The second-order valence-corrected chi connectivity index (χ2v) is 5.17. The Labute approximate surface area is 134 Å². The number of methoxy groups -OCH3 is 1. The molecule has 6 nitrogen and oxygen atoms in total. The van der Waals surface area contributed by atoms with Gasteiger partial charge in [-0.25, -0.2) is 4.79 Å². The van der Waals surface area contributed by atoms with Gasteiger partial charge in [-0.05, 0) is 40.2 Å². The number of esters is 1. The van der Waals surface area contributed by atoms with Crippen molar-refractivity contribution >= 4 is 27.6 Å². The van der Waals surface area contributed by atoms with Gasteiger partial charge < -0.3 is 9.47 Å². The van der Waals surface area contributed by atoms with Gasteiger partial charge in [-0.2, -0.15) is 0 Å². The molecule has 0 spiro atoms. The molecule has 0 radical (unpaired) electrons. The van der Waals surface area contributed by atoms with E-state index >= 15 is 0 Å². The Bertz CT molecular complexity index is 717. The van der Waals surface area contributed by atoms with E-state index in [-0.39, 0.29) is 12.3 Å². The Morgan fingerprint density at radius 3 is 2.64 bits per heavy atom. The molecule has 22 heavy (non-hydrogen) atoms. The fourth-order valence-electron chi connectivity index (χ4n) is 1.83. The Hall–Kier alpha value is -2.41. The third kappa shape index (κ3) is 3.62. The summed E-state index contributed by atoms with van der Waals surface area (Å²) >= 11 is 3.28. The van der Waals surface area contributed by atoms with Crippen LogP contribution in [-0.2, 0) is 11.3 Å². The van der Waals surface area contributed by atoms with Gasteiger partial charge in [0.1, 0.15) is 12.4 Å². The smallest absolute Gasteiger partial charge is 0.338 e. The molecule has 0 aromatic heterocycles. The Morgan fingerprint density at radius 1 is 1.27 bits per heavy atom. The van der Waals surface area contributed by atoms with Crippen LogP contribution >= 0.6 is 15.9 Å². The van der Waals surface area contributed by atoms with E-state index < -0.39 is 10.9 Å². The van der Waals surface area contributed by atoms with E-state index in [4.69, 9.17) is 9.47 Å². The SMILES string of the molecule is COc1ccc(C(=O)OCc2ccccc2[N+](=O)[O-])cc1Br. The molecule has 0 saturated carbocycles.